The Kier molecular flexibility index (Phi) is 4.76. The molecule has 0 aliphatic heterocycles. The summed E-state index contributed by atoms with van der Waals surface area (Å²) < 4.78 is 0. The summed E-state index contributed by atoms with van der Waals surface area (Å²) in [5.41, 5.74) is 1.03. The molecule has 2 aromatic carbocycles. The first kappa shape index (κ1) is 15.0. The molecule has 2 rings (SSSR count). The fourth-order valence-corrected chi connectivity index (χ4v) is 2.32. The van der Waals surface area contributed by atoms with Gasteiger partial charge in [-0.1, -0.05) is 65.1 Å². The van der Waals surface area contributed by atoms with Crippen molar-refractivity contribution in [2.75, 3.05) is 5.32 Å². The van der Waals surface area contributed by atoms with Gasteiger partial charge in [-0.2, -0.15) is 0 Å². The number of carbonyl (C=O) groups is 1. The average molecular weight is 331 g/mol. The maximum absolute atomic E-state index is 11.4. The average Bonchev–Trinajstić information content (AvgIpc) is 2.42. The number of aliphatic carboxylic acids is 1. The van der Waals surface area contributed by atoms with Gasteiger partial charge in [0, 0.05) is 0 Å². The van der Waals surface area contributed by atoms with Crippen LogP contribution in [-0.4, -0.2) is 11.1 Å². The molecule has 0 aliphatic rings. The van der Waals surface area contributed by atoms with E-state index < -0.39 is 12.0 Å². The van der Waals surface area contributed by atoms with E-state index in [2.05, 4.69) is 5.32 Å². The second-order valence-electron chi connectivity index (χ2n) is 4.07. The van der Waals surface area contributed by atoms with E-state index in [1.54, 1.807) is 24.3 Å². The van der Waals surface area contributed by atoms with Crippen LogP contribution in [0.1, 0.15) is 11.6 Å². The molecule has 2 aromatic rings. The van der Waals surface area contributed by atoms with Gasteiger partial charge in [-0.15, -0.1) is 0 Å². The Morgan fingerprint density at radius 1 is 1.00 bits per heavy atom. The minimum atomic E-state index is -1.02. The highest BCUT2D eigenvalue weighted by atomic mass is 35.5. The van der Waals surface area contributed by atoms with E-state index in [1.165, 1.54) is 12.1 Å². The third kappa shape index (κ3) is 3.37. The zero-order valence-electron chi connectivity index (χ0n) is 10.1. The van der Waals surface area contributed by atoms with Crippen molar-refractivity contribution in [3.05, 3.63) is 63.1 Å². The fraction of sp³-hybridized carbons (Fsp3) is 0.0714. The summed E-state index contributed by atoms with van der Waals surface area (Å²) in [6.45, 7) is 0. The summed E-state index contributed by atoms with van der Waals surface area (Å²) in [5, 5.41) is 13.1. The van der Waals surface area contributed by atoms with Crippen molar-refractivity contribution < 1.29 is 9.90 Å². The summed E-state index contributed by atoms with van der Waals surface area (Å²) in [6.07, 6.45) is 0. The molecule has 0 spiro atoms. The van der Waals surface area contributed by atoms with Gasteiger partial charge in [0.25, 0.3) is 0 Å². The first-order valence-corrected chi connectivity index (χ1v) is 6.81. The first-order chi connectivity index (χ1) is 9.49. The van der Waals surface area contributed by atoms with E-state index in [-0.39, 0.29) is 0 Å². The second kappa shape index (κ2) is 6.35. The second-order valence-corrected chi connectivity index (χ2v) is 5.29. The van der Waals surface area contributed by atoms with Gasteiger partial charge in [-0.05, 0) is 17.7 Å². The molecular weight excluding hydrogens is 321 g/mol. The number of benzene rings is 2. The first-order valence-electron chi connectivity index (χ1n) is 5.68. The minimum absolute atomic E-state index is 0.302. The maximum atomic E-state index is 11.4. The SMILES string of the molecule is O=C(O)C(Nc1cc(Cl)c(Cl)cc1Cl)c1ccccc1. The molecule has 0 saturated heterocycles. The van der Waals surface area contributed by atoms with E-state index in [4.69, 9.17) is 34.8 Å². The standard InChI is InChI=1S/C14H10Cl3NO2/c15-9-6-11(17)12(7-10(9)16)18-13(14(19)20)8-4-2-1-3-5-8/h1-7,13,18H,(H,19,20). The number of carboxylic acid groups (broad SMARTS) is 1. The van der Waals surface area contributed by atoms with Crippen LogP contribution in [0.5, 0.6) is 0 Å². The Morgan fingerprint density at radius 2 is 1.60 bits per heavy atom. The molecule has 2 N–H and O–H groups in total. The highest BCUT2D eigenvalue weighted by Gasteiger charge is 2.20. The molecule has 104 valence electrons. The maximum Gasteiger partial charge on any atom is 0.330 e. The number of carboxylic acids is 1. The zero-order chi connectivity index (χ0) is 14.7. The molecule has 0 radical (unpaired) electrons. The molecule has 3 nitrogen and oxygen atoms in total. The van der Waals surface area contributed by atoms with Crippen LogP contribution in [0, 0.1) is 0 Å². The van der Waals surface area contributed by atoms with Crippen LogP contribution in [-0.2, 0) is 4.79 Å². The number of anilines is 1. The fourth-order valence-electron chi connectivity index (χ4n) is 1.72. The molecule has 0 heterocycles. The lowest BCUT2D eigenvalue weighted by molar-refractivity contribution is -0.138. The third-order valence-electron chi connectivity index (χ3n) is 2.69. The van der Waals surface area contributed by atoms with Crippen molar-refractivity contribution in [3.63, 3.8) is 0 Å². The predicted molar refractivity (Wildman–Crippen MR) is 81.9 cm³/mol. The molecule has 1 atom stereocenters. The molecule has 6 heteroatoms. The van der Waals surface area contributed by atoms with Gasteiger partial charge in [0.1, 0.15) is 0 Å². The zero-order valence-corrected chi connectivity index (χ0v) is 12.4. The lowest BCUT2D eigenvalue weighted by atomic mass is 10.1. The smallest absolute Gasteiger partial charge is 0.330 e. The van der Waals surface area contributed by atoms with Gasteiger partial charge in [0.15, 0.2) is 6.04 Å². The van der Waals surface area contributed by atoms with Crippen molar-refractivity contribution in [1.82, 2.24) is 0 Å². The summed E-state index contributed by atoms with van der Waals surface area (Å²) in [7, 11) is 0. The van der Waals surface area contributed by atoms with E-state index in [0.29, 0.717) is 26.3 Å². The molecule has 0 amide bonds. The largest absolute Gasteiger partial charge is 0.479 e. The van der Waals surface area contributed by atoms with Crippen LogP contribution < -0.4 is 5.32 Å². The van der Waals surface area contributed by atoms with Gasteiger partial charge in [0.05, 0.1) is 20.8 Å². The van der Waals surface area contributed by atoms with Crippen molar-refractivity contribution in [2.45, 2.75) is 6.04 Å². The molecule has 1 unspecified atom stereocenters. The number of hydrogen-bond acceptors (Lipinski definition) is 2. The van der Waals surface area contributed by atoms with E-state index in [0.717, 1.165) is 0 Å². The topological polar surface area (TPSA) is 49.3 Å². The molecule has 0 fully saturated rings. The normalized spacial score (nSPS) is 11.9. The molecule has 0 saturated carbocycles. The molecule has 20 heavy (non-hydrogen) atoms. The van der Waals surface area contributed by atoms with Crippen LogP contribution in [0.25, 0.3) is 0 Å². The molecule has 0 bridgehead atoms. The Balaban J connectivity index is 2.35. The Hall–Kier alpha value is -1.42. The summed E-state index contributed by atoms with van der Waals surface area (Å²) in [4.78, 5) is 11.4. The Bertz CT molecular complexity index is 632. The number of nitrogens with one attached hydrogen (secondary N) is 1. The summed E-state index contributed by atoms with van der Waals surface area (Å²) in [6, 6.07) is 10.8. The van der Waals surface area contributed by atoms with Crippen molar-refractivity contribution in [1.29, 1.82) is 0 Å². The lowest BCUT2D eigenvalue weighted by Crippen LogP contribution is -2.20. The minimum Gasteiger partial charge on any atom is -0.479 e. The lowest BCUT2D eigenvalue weighted by Gasteiger charge is -2.17. The highest BCUT2D eigenvalue weighted by Crippen LogP contribution is 2.34. The van der Waals surface area contributed by atoms with E-state index in [9.17, 15) is 9.90 Å². The van der Waals surface area contributed by atoms with Crippen LogP contribution in [0.3, 0.4) is 0 Å². The van der Waals surface area contributed by atoms with Crippen molar-refractivity contribution >= 4 is 46.5 Å². The van der Waals surface area contributed by atoms with E-state index >= 15 is 0 Å². The Labute approximate surface area is 131 Å². The van der Waals surface area contributed by atoms with Gasteiger partial charge in [-0.25, -0.2) is 4.79 Å². The van der Waals surface area contributed by atoms with Crippen molar-refractivity contribution in [3.8, 4) is 0 Å². The Morgan fingerprint density at radius 3 is 2.20 bits per heavy atom. The van der Waals surface area contributed by atoms with Crippen molar-refractivity contribution in [2.24, 2.45) is 0 Å². The van der Waals surface area contributed by atoms with Gasteiger partial charge >= 0.3 is 5.97 Å². The van der Waals surface area contributed by atoms with Gasteiger partial charge in [-0.3, -0.25) is 0 Å². The van der Waals surface area contributed by atoms with Gasteiger partial charge in [0.2, 0.25) is 0 Å². The third-order valence-corrected chi connectivity index (χ3v) is 3.72. The summed E-state index contributed by atoms with van der Waals surface area (Å²) >= 11 is 17.8. The molecular formula is C14H10Cl3NO2. The monoisotopic (exact) mass is 329 g/mol. The molecule has 0 aliphatic carbocycles. The number of hydrogen-bond donors (Lipinski definition) is 2. The summed E-state index contributed by atoms with van der Waals surface area (Å²) in [5.74, 6) is -1.02. The quantitative estimate of drug-likeness (QED) is 0.785. The molecule has 0 aromatic heterocycles. The number of rotatable bonds is 4. The predicted octanol–water partition coefficient (Wildman–Crippen LogP) is 4.88. The van der Waals surface area contributed by atoms with E-state index in [1.807, 2.05) is 6.07 Å². The van der Waals surface area contributed by atoms with Crippen LogP contribution in [0.15, 0.2) is 42.5 Å². The van der Waals surface area contributed by atoms with Crippen LogP contribution in [0.2, 0.25) is 15.1 Å². The van der Waals surface area contributed by atoms with Crippen LogP contribution >= 0.6 is 34.8 Å². The van der Waals surface area contributed by atoms with Gasteiger partial charge < -0.3 is 10.4 Å². The number of halogens is 3. The highest BCUT2D eigenvalue weighted by molar-refractivity contribution is 6.44. The van der Waals surface area contributed by atoms with Crippen LogP contribution in [0.4, 0.5) is 5.69 Å².